The molecule has 0 radical (unpaired) electrons. The molecule has 0 fully saturated rings. The Balaban J connectivity index is 1.85. The van der Waals surface area contributed by atoms with Crippen LogP contribution in [0.1, 0.15) is 38.7 Å². The maximum Gasteiger partial charge on any atom is 0.306 e. The minimum Gasteiger partial charge on any atom is -0.543 e. The molecule has 0 saturated heterocycles. The van der Waals surface area contributed by atoms with Gasteiger partial charge in [-0.1, -0.05) is 50.6 Å². The predicted octanol–water partition coefficient (Wildman–Crippen LogP) is 5.93. The first kappa shape index (κ1) is 22.0. The number of carboxylic acids is 1. The highest BCUT2D eigenvalue weighted by molar-refractivity contribution is 6.74. The van der Waals surface area contributed by atoms with Gasteiger partial charge in [0, 0.05) is 0 Å². The molecule has 0 saturated carbocycles. The van der Waals surface area contributed by atoms with Gasteiger partial charge in [0.2, 0.25) is 0 Å². The average Bonchev–Trinajstić information content (AvgIpc) is 2.72. The molecule has 5 heteroatoms. The van der Waals surface area contributed by atoms with E-state index >= 15 is 0 Å². The summed E-state index contributed by atoms with van der Waals surface area (Å²) in [7, 11) is -1.80. The van der Waals surface area contributed by atoms with E-state index in [1.54, 1.807) is 0 Å². The molecule has 0 aliphatic heterocycles. The fourth-order valence-electron chi connectivity index (χ4n) is 3.33. The highest BCUT2D eigenvalue weighted by Gasteiger charge is 2.32. The normalized spacial score (nSPS) is 11.2. The number of carbonyl (C=O) groups is 1. The molecular weight excluding hydrogens is 368 g/mol. The molecule has 2 aromatic rings. The lowest BCUT2D eigenvalue weighted by molar-refractivity contribution is -0.137. The van der Waals surface area contributed by atoms with Gasteiger partial charge in [-0.3, -0.25) is 4.79 Å². The van der Waals surface area contributed by atoms with Crippen LogP contribution in [0.2, 0.25) is 18.1 Å². The van der Waals surface area contributed by atoms with Crippen LogP contribution >= 0.6 is 0 Å². The summed E-state index contributed by atoms with van der Waals surface area (Å²) < 4.78 is 12.0. The molecule has 28 heavy (non-hydrogen) atoms. The SMILES string of the molecule is CC[Si](CC)(CCCCc1ccccc1)Oc1ccc(OCCC(=O)O)cc1. The number of aryl methyl sites for hydroxylation is 1. The fourth-order valence-corrected chi connectivity index (χ4v) is 6.46. The summed E-state index contributed by atoms with van der Waals surface area (Å²) in [5, 5.41) is 8.68. The van der Waals surface area contributed by atoms with Gasteiger partial charge in [0.1, 0.15) is 11.5 Å². The minimum absolute atomic E-state index is 0.00290. The lowest BCUT2D eigenvalue weighted by atomic mass is 10.1. The van der Waals surface area contributed by atoms with Crippen LogP contribution in [0.15, 0.2) is 54.6 Å². The molecule has 152 valence electrons. The van der Waals surface area contributed by atoms with Gasteiger partial charge in [0.05, 0.1) is 13.0 Å². The molecule has 2 rings (SSSR count). The van der Waals surface area contributed by atoms with Crippen molar-refractivity contribution in [3.8, 4) is 11.5 Å². The lowest BCUT2D eigenvalue weighted by Gasteiger charge is -2.30. The average molecular weight is 401 g/mol. The van der Waals surface area contributed by atoms with Crippen LogP contribution < -0.4 is 9.16 Å². The topological polar surface area (TPSA) is 55.8 Å². The maximum atomic E-state index is 10.6. The number of hydrogen-bond donors (Lipinski definition) is 1. The summed E-state index contributed by atoms with van der Waals surface area (Å²) in [6.07, 6.45) is 3.52. The van der Waals surface area contributed by atoms with Gasteiger partial charge >= 0.3 is 5.97 Å². The largest absolute Gasteiger partial charge is 0.543 e. The van der Waals surface area contributed by atoms with Crippen LogP contribution in [0.5, 0.6) is 11.5 Å². The van der Waals surface area contributed by atoms with Gasteiger partial charge < -0.3 is 14.3 Å². The zero-order valence-corrected chi connectivity index (χ0v) is 18.0. The smallest absolute Gasteiger partial charge is 0.306 e. The van der Waals surface area contributed by atoms with Crippen LogP contribution in [-0.2, 0) is 11.2 Å². The van der Waals surface area contributed by atoms with E-state index in [-0.39, 0.29) is 13.0 Å². The fraction of sp³-hybridized carbons (Fsp3) is 0.435. The maximum absolute atomic E-state index is 10.6. The van der Waals surface area contributed by atoms with E-state index in [1.165, 1.54) is 24.4 Å². The highest BCUT2D eigenvalue weighted by Crippen LogP contribution is 2.29. The zero-order valence-electron chi connectivity index (χ0n) is 17.0. The zero-order chi connectivity index (χ0) is 20.2. The van der Waals surface area contributed by atoms with Gasteiger partial charge in [-0.2, -0.15) is 0 Å². The molecule has 0 aliphatic carbocycles. The van der Waals surface area contributed by atoms with E-state index in [0.29, 0.717) is 5.75 Å². The van der Waals surface area contributed by atoms with Crippen molar-refractivity contribution >= 4 is 14.3 Å². The second-order valence-corrected chi connectivity index (χ2v) is 11.6. The van der Waals surface area contributed by atoms with E-state index in [0.717, 1.165) is 24.3 Å². The molecule has 0 amide bonds. The Morgan fingerprint density at radius 1 is 0.929 bits per heavy atom. The Kier molecular flexibility index (Phi) is 9.08. The third-order valence-electron chi connectivity index (χ3n) is 5.22. The molecule has 4 nitrogen and oxygen atoms in total. The Labute approximate surface area is 169 Å². The molecular formula is C23H32O4Si. The first-order valence-corrected chi connectivity index (χ1v) is 12.8. The number of benzene rings is 2. The second-order valence-electron chi connectivity index (χ2n) is 7.15. The van der Waals surface area contributed by atoms with Crippen LogP contribution in [0, 0.1) is 0 Å². The Bertz CT molecular complexity index is 696. The number of rotatable bonds is 13. The summed E-state index contributed by atoms with van der Waals surface area (Å²) in [5.74, 6) is 0.717. The monoisotopic (exact) mass is 400 g/mol. The van der Waals surface area contributed by atoms with Crippen LogP contribution in [0.3, 0.4) is 0 Å². The number of ether oxygens (including phenoxy) is 1. The van der Waals surface area contributed by atoms with E-state index in [9.17, 15) is 4.79 Å². The van der Waals surface area contributed by atoms with Crippen molar-refractivity contribution in [1.29, 1.82) is 0 Å². The third kappa shape index (κ3) is 7.39. The van der Waals surface area contributed by atoms with E-state index in [4.69, 9.17) is 14.3 Å². The Morgan fingerprint density at radius 3 is 2.18 bits per heavy atom. The second kappa shape index (κ2) is 11.5. The molecule has 0 spiro atoms. The number of unbranched alkanes of at least 4 members (excludes halogenated alkanes) is 1. The first-order chi connectivity index (χ1) is 13.6. The highest BCUT2D eigenvalue weighted by atomic mass is 28.4. The molecule has 0 heterocycles. The Morgan fingerprint density at radius 2 is 1.57 bits per heavy atom. The molecule has 1 N–H and O–H groups in total. The van der Waals surface area contributed by atoms with E-state index in [2.05, 4.69) is 44.2 Å². The van der Waals surface area contributed by atoms with Crippen molar-refractivity contribution in [3.05, 3.63) is 60.2 Å². The summed E-state index contributed by atoms with van der Waals surface area (Å²) in [5.41, 5.74) is 1.40. The molecule has 0 unspecified atom stereocenters. The number of hydrogen-bond acceptors (Lipinski definition) is 3. The van der Waals surface area contributed by atoms with E-state index in [1.807, 2.05) is 24.3 Å². The van der Waals surface area contributed by atoms with Crippen molar-refractivity contribution in [3.63, 3.8) is 0 Å². The van der Waals surface area contributed by atoms with Gasteiger partial charge in [-0.25, -0.2) is 0 Å². The summed E-state index contributed by atoms with van der Waals surface area (Å²) in [4.78, 5) is 10.6. The molecule has 2 aromatic carbocycles. The van der Waals surface area contributed by atoms with Crippen molar-refractivity contribution in [2.75, 3.05) is 6.61 Å². The Hall–Kier alpha value is -2.27. The first-order valence-electron chi connectivity index (χ1n) is 10.2. The molecule has 0 aliphatic rings. The minimum atomic E-state index is -1.80. The van der Waals surface area contributed by atoms with Crippen molar-refractivity contribution in [2.24, 2.45) is 0 Å². The summed E-state index contributed by atoms with van der Waals surface area (Å²) in [6, 6.07) is 21.6. The van der Waals surface area contributed by atoms with Crippen LogP contribution in [-0.4, -0.2) is 26.0 Å². The van der Waals surface area contributed by atoms with Gasteiger partial charge in [0.15, 0.2) is 0 Å². The standard InChI is InChI=1S/C23H32O4Si/c1-3-28(4-2,19-9-8-12-20-10-6-5-7-11-20)27-22-15-13-21(14-16-22)26-18-17-23(24)25/h5-7,10-11,13-16H,3-4,8-9,12,17-19H2,1-2H3,(H,24,25). The van der Waals surface area contributed by atoms with Gasteiger partial charge in [0.25, 0.3) is 8.32 Å². The van der Waals surface area contributed by atoms with Crippen molar-refractivity contribution < 1.29 is 19.1 Å². The lowest BCUT2D eigenvalue weighted by Crippen LogP contribution is -2.40. The van der Waals surface area contributed by atoms with E-state index < -0.39 is 14.3 Å². The summed E-state index contributed by atoms with van der Waals surface area (Å²) >= 11 is 0. The number of carboxylic acid groups (broad SMARTS) is 1. The third-order valence-corrected chi connectivity index (χ3v) is 9.73. The number of aliphatic carboxylic acids is 1. The van der Waals surface area contributed by atoms with Crippen LogP contribution in [0.4, 0.5) is 0 Å². The molecule has 0 bridgehead atoms. The quantitative estimate of drug-likeness (QED) is 0.334. The predicted molar refractivity (Wildman–Crippen MR) is 116 cm³/mol. The van der Waals surface area contributed by atoms with Crippen molar-refractivity contribution in [2.45, 2.75) is 57.7 Å². The van der Waals surface area contributed by atoms with Crippen molar-refractivity contribution in [1.82, 2.24) is 0 Å². The summed E-state index contributed by atoms with van der Waals surface area (Å²) in [6.45, 7) is 4.67. The van der Waals surface area contributed by atoms with Gasteiger partial charge in [-0.05, 0) is 60.8 Å². The molecule has 0 aromatic heterocycles. The molecule has 0 atom stereocenters. The van der Waals surface area contributed by atoms with Gasteiger partial charge in [-0.15, -0.1) is 0 Å². The van der Waals surface area contributed by atoms with Crippen LogP contribution in [0.25, 0.3) is 0 Å².